The van der Waals surface area contributed by atoms with Crippen molar-refractivity contribution in [2.24, 2.45) is 0 Å². The van der Waals surface area contributed by atoms with Crippen molar-refractivity contribution < 1.29 is 13.5 Å². The molecule has 1 aliphatic heterocycles. The van der Waals surface area contributed by atoms with Gasteiger partial charge in [-0.25, -0.2) is 8.42 Å². The first kappa shape index (κ1) is 13.0. The Morgan fingerprint density at radius 1 is 1.44 bits per heavy atom. The molecule has 1 saturated heterocycles. The molecule has 0 aliphatic carbocycles. The number of nitrogens with zero attached hydrogens (tertiary/aromatic N) is 2. The highest BCUT2D eigenvalue weighted by Crippen LogP contribution is 2.27. The maximum absolute atomic E-state index is 12.4. The highest BCUT2D eigenvalue weighted by Gasteiger charge is 2.35. The van der Waals surface area contributed by atoms with Gasteiger partial charge in [-0.3, -0.25) is 0 Å². The van der Waals surface area contributed by atoms with Crippen LogP contribution in [0.5, 0.6) is 0 Å². The van der Waals surface area contributed by atoms with Crippen molar-refractivity contribution in [3.8, 4) is 6.07 Å². The lowest BCUT2D eigenvalue weighted by atomic mass is 10.2. The first-order chi connectivity index (χ1) is 8.61. The van der Waals surface area contributed by atoms with Gasteiger partial charge in [-0.05, 0) is 25.0 Å². The summed E-state index contributed by atoms with van der Waals surface area (Å²) in [5.41, 5.74) is 0.140. The van der Waals surface area contributed by atoms with E-state index in [1.807, 2.05) is 6.07 Å². The molecule has 2 rings (SSSR count). The van der Waals surface area contributed by atoms with Gasteiger partial charge in [-0.15, -0.1) is 0 Å². The van der Waals surface area contributed by atoms with E-state index in [9.17, 15) is 13.5 Å². The zero-order valence-corrected chi connectivity index (χ0v) is 10.6. The molecule has 1 heterocycles. The van der Waals surface area contributed by atoms with Crippen molar-refractivity contribution in [1.82, 2.24) is 4.31 Å². The summed E-state index contributed by atoms with van der Waals surface area (Å²) in [6.07, 6.45) is 1.39. The van der Waals surface area contributed by atoms with Crippen LogP contribution in [-0.2, 0) is 10.0 Å². The molecular formula is C12H14N2O3S. The van der Waals surface area contributed by atoms with Crippen LogP contribution in [0.15, 0.2) is 29.2 Å². The van der Waals surface area contributed by atoms with Gasteiger partial charge < -0.3 is 5.11 Å². The Labute approximate surface area is 106 Å². The molecule has 0 bridgehead atoms. The van der Waals surface area contributed by atoms with Gasteiger partial charge >= 0.3 is 0 Å². The molecule has 5 nitrogen and oxygen atoms in total. The molecule has 0 spiro atoms. The molecule has 1 aromatic carbocycles. The Morgan fingerprint density at radius 3 is 2.83 bits per heavy atom. The average Bonchev–Trinajstić information content (AvgIpc) is 2.87. The zero-order chi connectivity index (χ0) is 13.2. The van der Waals surface area contributed by atoms with E-state index in [1.165, 1.54) is 16.4 Å². The largest absolute Gasteiger partial charge is 0.395 e. The van der Waals surface area contributed by atoms with Gasteiger partial charge in [0.25, 0.3) is 0 Å². The lowest BCUT2D eigenvalue weighted by Crippen LogP contribution is -2.37. The van der Waals surface area contributed by atoms with Crippen LogP contribution in [0, 0.1) is 11.3 Å². The molecule has 1 fully saturated rings. The molecule has 1 atom stereocenters. The predicted molar refractivity (Wildman–Crippen MR) is 65.2 cm³/mol. The lowest BCUT2D eigenvalue weighted by Gasteiger charge is -2.22. The fourth-order valence-electron chi connectivity index (χ4n) is 2.22. The molecular weight excluding hydrogens is 252 g/mol. The van der Waals surface area contributed by atoms with Crippen molar-refractivity contribution in [1.29, 1.82) is 5.26 Å². The van der Waals surface area contributed by atoms with Crippen molar-refractivity contribution in [2.75, 3.05) is 13.2 Å². The fraction of sp³-hybridized carbons (Fsp3) is 0.417. The van der Waals surface area contributed by atoms with Crippen molar-refractivity contribution >= 4 is 10.0 Å². The van der Waals surface area contributed by atoms with Crippen LogP contribution in [0.1, 0.15) is 18.4 Å². The summed E-state index contributed by atoms with van der Waals surface area (Å²) in [5, 5.41) is 18.2. The fourth-order valence-corrected chi connectivity index (χ4v) is 4.05. The van der Waals surface area contributed by atoms with Crippen LogP contribution in [0.25, 0.3) is 0 Å². The minimum atomic E-state index is -3.69. The standard InChI is InChI=1S/C12H14N2O3S/c13-8-10-4-1-2-6-12(10)18(16,17)14-7-3-5-11(14)9-15/h1-2,4,6,11,15H,3,5,7,9H2. The quantitative estimate of drug-likeness (QED) is 0.873. The number of benzene rings is 1. The summed E-state index contributed by atoms with van der Waals surface area (Å²) in [7, 11) is -3.69. The third-order valence-electron chi connectivity index (χ3n) is 3.13. The lowest BCUT2D eigenvalue weighted by molar-refractivity contribution is 0.213. The van der Waals surface area contributed by atoms with Crippen LogP contribution < -0.4 is 0 Å². The Hall–Kier alpha value is -1.42. The van der Waals surface area contributed by atoms with Gasteiger partial charge in [0.2, 0.25) is 10.0 Å². The summed E-state index contributed by atoms with van der Waals surface area (Å²) in [5.74, 6) is 0. The van der Waals surface area contributed by atoms with Crippen molar-refractivity contribution in [2.45, 2.75) is 23.8 Å². The Kier molecular flexibility index (Phi) is 3.66. The maximum atomic E-state index is 12.4. The van der Waals surface area contributed by atoms with Gasteiger partial charge in [0.05, 0.1) is 17.1 Å². The van der Waals surface area contributed by atoms with E-state index in [1.54, 1.807) is 12.1 Å². The van der Waals surface area contributed by atoms with E-state index in [-0.39, 0.29) is 23.1 Å². The molecule has 0 saturated carbocycles. The highest BCUT2D eigenvalue weighted by atomic mass is 32.2. The second kappa shape index (κ2) is 5.06. The summed E-state index contributed by atoms with van der Waals surface area (Å²) in [6, 6.07) is 7.66. The van der Waals surface area contributed by atoms with Crippen LogP contribution in [0.2, 0.25) is 0 Å². The van der Waals surface area contributed by atoms with Crippen molar-refractivity contribution in [3.63, 3.8) is 0 Å². The normalized spacial score (nSPS) is 20.8. The van der Waals surface area contributed by atoms with E-state index in [4.69, 9.17) is 5.26 Å². The van der Waals surface area contributed by atoms with Gasteiger partial charge in [-0.1, -0.05) is 12.1 Å². The third kappa shape index (κ3) is 2.12. The number of nitriles is 1. The smallest absolute Gasteiger partial charge is 0.244 e. The monoisotopic (exact) mass is 266 g/mol. The number of rotatable bonds is 3. The molecule has 1 aromatic rings. The third-order valence-corrected chi connectivity index (χ3v) is 5.14. The molecule has 96 valence electrons. The van der Waals surface area contributed by atoms with Crippen LogP contribution in [-0.4, -0.2) is 37.0 Å². The Bertz CT molecular complexity index is 577. The van der Waals surface area contributed by atoms with E-state index in [2.05, 4.69) is 0 Å². The molecule has 6 heteroatoms. The molecule has 1 unspecified atom stereocenters. The second-order valence-corrected chi connectivity index (χ2v) is 6.06. The maximum Gasteiger partial charge on any atom is 0.244 e. The SMILES string of the molecule is N#Cc1ccccc1S(=O)(=O)N1CCCC1CO. The van der Waals surface area contributed by atoms with Crippen LogP contribution >= 0.6 is 0 Å². The van der Waals surface area contributed by atoms with Gasteiger partial charge in [0.15, 0.2) is 0 Å². The van der Waals surface area contributed by atoms with Gasteiger partial charge in [-0.2, -0.15) is 9.57 Å². The number of hydrogen-bond acceptors (Lipinski definition) is 4. The zero-order valence-electron chi connectivity index (χ0n) is 9.78. The van der Waals surface area contributed by atoms with E-state index in [0.29, 0.717) is 13.0 Å². The summed E-state index contributed by atoms with van der Waals surface area (Å²) >= 11 is 0. The number of sulfonamides is 1. The summed E-state index contributed by atoms with van der Waals surface area (Å²) < 4.78 is 26.2. The van der Waals surface area contributed by atoms with Crippen LogP contribution in [0.3, 0.4) is 0 Å². The topological polar surface area (TPSA) is 81.4 Å². The molecule has 0 radical (unpaired) electrons. The molecule has 1 N–H and O–H groups in total. The second-order valence-electron chi connectivity index (χ2n) is 4.20. The highest BCUT2D eigenvalue weighted by molar-refractivity contribution is 7.89. The van der Waals surface area contributed by atoms with E-state index in [0.717, 1.165) is 6.42 Å². The number of aliphatic hydroxyl groups excluding tert-OH is 1. The average molecular weight is 266 g/mol. The van der Waals surface area contributed by atoms with Crippen molar-refractivity contribution in [3.05, 3.63) is 29.8 Å². The summed E-state index contributed by atoms with van der Waals surface area (Å²) in [6.45, 7) is 0.210. The minimum absolute atomic E-state index is 0.0212. The molecule has 1 aliphatic rings. The molecule has 18 heavy (non-hydrogen) atoms. The molecule has 0 aromatic heterocycles. The van der Waals surface area contributed by atoms with Gasteiger partial charge in [0, 0.05) is 12.6 Å². The molecule has 0 amide bonds. The number of hydrogen-bond donors (Lipinski definition) is 1. The minimum Gasteiger partial charge on any atom is -0.395 e. The van der Waals surface area contributed by atoms with Gasteiger partial charge in [0.1, 0.15) is 6.07 Å². The first-order valence-electron chi connectivity index (χ1n) is 5.73. The summed E-state index contributed by atoms with van der Waals surface area (Å²) in [4.78, 5) is 0.0212. The Morgan fingerprint density at radius 2 is 2.17 bits per heavy atom. The number of aliphatic hydroxyl groups is 1. The Balaban J connectivity index is 2.46. The predicted octanol–water partition coefficient (Wildman–Crippen LogP) is 0.704. The van der Waals surface area contributed by atoms with E-state index < -0.39 is 10.0 Å². The van der Waals surface area contributed by atoms with E-state index >= 15 is 0 Å². The van der Waals surface area contributed by atoms with Crippen LogP contribution in [0.4, 0.5) is 0 Å². The first-order valence-corrected chi connectivity index (χ1v) is 7.17.